The molecule has 0 bridgehead atoms. The summed E-state index contributed by atoms with van der Waals surface area (Å²) in [6.45, 7) is 24.8. The lowest BCUT2D eigenvalue weighted by atomic mass is 9.71. The molecule has 0 aromatic heterocycles. The summed E-state index contributed by atoms with van der Waals surface area (Å²) < 4.78 is 12.3. The van der Waals surface area contributed by atoms with Crippen molar-refractivity contribution < 1.29 is 9.31 Å². The van der Waals surface area contributed by atoms with E-state index in [1.54, 1.807) is 0 Å². The Kier molecular flexibility index (Phi) is 6.87. The fourth-order valence-electron chi connectivity index (χ4n) is 4.02. The first-order valence-electron chi connectivity index (χ1n) is 9.63. The maximum Gasteiger partial charge on any atom is 0.461 e. The van der Waals surface area contributed by atoms with Gasteiger partial charge in [0, 0.05) is 12.2 Å². The van der Waals surface area contributed by atoms with Gasteiger partial charge in [-0.05, 0) is 44.3 Å². The molecule has 2 nitrogen and oxygen atoms in total. The van der Waals surface area contributed by atoms with Crippen LogP contribution in [0.15, 0.2) is 0 Å². The van der Waals surface area contributed by atoms with E-state index < -0.39 is 8.07 Å². The molecule has 0 N–H and O–H groups in total. The fraction of sp³-hybridized carbons (Fsp3) is 0.900. The molecule has 1 atom stereocenters. The first kappa shape index (κ1) is 21.8. The smallest absolute Gasteiger partial charge is 0.403 e. The van der Waals surface area contributed by atoms with Crippen molar-refractivity contribution in [2.24, 2.45) is 0 Å². The third-order valence-corrected chi connectivity index (χ3v) is 12.7. The van der Waals surface area contributed by atoms with Crippen molar-refractivity contribution in [1.82, 2.24) is 0 Å². The van der Waals surface area contributed by atoms with E-state index in [0.717, 1.165) is 6.42 Å². The molecule has 0 aromatic carbocycles. The van der Waals surface area contributed by atoms with E-state index in [2.05, 4.69) is 87.6 Å². The van der Waals surface area contributed by atoms with Crippen molar-refractivity contribution >= 4 is 15.2 Å². The molecule has 1 unspecified atom stereocenters. The SMILES string of the molecule is CC(CC#C[Si](C(C)C)(C(C)C)C(C)C)B1OC(C)(C)C(C)(C)O1. The number of rotatable bonds is 5. The second kappa shape index (κ2) is 7.56. The van der Waals surface area contributed by atoms with Gasteiger partial charge >= 0.3 is 7.12 Å². The summed E-state index contributed by atoms with van der Waals surface area (Å²) in [5, 5.41) is 0. The molecule has 24 heavy (non-hydrogen) atoms. The van der Waals surface area contributed by atoms with E-state index in [9.17, 15) is 0 Å². The highest BCUT2D eigenvalue weighted by Gasteiger charge is 2.52. The van der Waals surface area contributed by atoms with Crippen LogP contribution >= 0.6 is 0 Å². The zero-order chi connectivity index (χ0) is 18.9. The molecule has 1 rings (SSSR count). The van der Waals surface area contributed by atoms with Crippen molar-refractivity contribution in [1.29, 1.82) is 0 Å². The zero-order valence-corrected chi connectivity index (χ0v) is 18.9. The van der Waals surface area contributed by atoms with Crippen molar-refractivity contribution in [3.05, 3.63) is 0 Å². The minimum absolute atomic E-state index is 0.155. The maximum absolute atomic E-state index is 6.17. The first-order valence-corrected chi connectivity index (χ1v) is 11.9. The van der Waals surface area contributed by atoms with Gasteiger partial charge in [0.1, 0.15) is 8.07 Å². The molecule has 138 valence electrons. The normalized spacial score (nSPS) is 21.3. The van der Waals surface area contributed by atoms with E-state index in [0.29, 0.717) is 16.6 Å². The summed E-state index contributed by atoms with van der Waals surface area (Å²) in [5.74, 6) is 3.84. The van der Waals surface area contributed by atoms with Crippen LogP contribution in [0.5, 0.6) is 0 Å². The minimum Gasteiger partial charge on any atom is -0.403 e. The van der Waals surface area contributed by atoms with E-state index >= 15 is 0 Å². The van der Waals surface area contributed by atoms with E-state index in [-0.39, 0.29) is 24.1 Å². The van der Waals surface area contributed by atoms with Gasteiger partial charge in [0.2, 0.25) is 0 Å². The van der Waals surface area contributed by atoms with E-state index in [1.807, 2.05) is 0 Å². The topological polar surface area (TPSA) is 18.5 Å². The van der Waals surface area contributed by atoms with Crippen molar-refractivity contribution in [2.45, 2.75) is 116 Å². The van der Waals surface area contributed by atoms with Crippen LogP contribution in [0.25, 0.3) is 0 Å². The van der Waals surface area contributed by atoms with Gasteiger partial charge in [-0.25, -0.2) is 0 Å². The molecular weight excluding hydrogens is 311 g/mol. The summed E-state index contributed by atoms with van der Waals surface area (Å²) in [6, 6.07) is 0. The molecule has 0 saturated carbocycles. The van der Waals surface area contributed by atoms with Gasteiger partial charge in [-0.3, -0.25) is 0 Å². The Morgan fingerprint density at radius 3 is 1.50 bits per heavy atom. The molecule has 1 aliphatic heterocycles. The van der Waals surface area contributed by atoms with Crippen LogP contribution in [-0.2, 0) is 9.31 Å². The molecule has 0 aliphatic carbocycles. The van der Waals surface area contributed by atoms with Crippen LogP contribution in [-0.4, -0.2) is 26.4 Å². The highest BCUT2D eigenvalue weighted by molar-refractivity contribution is 6.90. The lowest BCUT2D eigenvalue weighted by Crippen LogP contribution is -2.43. The first-order chi connectivity index (χ1) is 10.8. The average Bonchev–Trinajstić information content (AvgIpc) is 2.62. The summed E-state index contributed by atoms with van der Waals surface area (Å²) in [6.07, 6.45) is 0.845. The Morgan fingerprint density at radius 2 is 1.17 bits per heavy atom. The molecule has 1 heterocycles. The minimum atomic E-state index is -1.63. The third-order valence-electron chi connectivity index (χ3n) is 6.33. The summed E-state index contributed by atoms with van der Waals surface area (Å²) in [5.41, 5.74) is 5.32. The standard InChI is InChI=1S/C20H39BO2Si/c1-15(2)24(16(3)4,17(5)6)14-12-13-18(7)21-22-19(8,9)20(10,11)23-21/h15-18H,13H2,1-11H3. The summed E-state index contributed by atoms with van der Waals surface area (Å²) >= 11 is 0. The van der Waals surface area contributed by atoms with Crippen LogP contribution in [0.4, 0.5) is 0 Å². The Balaban J connectivity index is 2.88. The van der Waals surface area contributed by atoms with E-state index in [4.69, 9.17) is 9.31 Å². The fourth-order valence-corrected chi connectivity index (χ4v) is 9.29. The second-order valence-electron chi connectivity index (χ2n) is 9.51. The van der Waals surface area contributed by atoms with E-state index in [1.165, 1.54) is 0 Å². The van der Waals surface area contributed by atoms with Gasteiger partial charge in [-0.1, -0.05) is 48.5 Å². The molecule has 0 aromatic rings. The molecule has 4 heteroatoms. The lowest BCUT2D eigenvalue weighted by molar-refractivity contribution is 0.00578. The Hall–Kier alpha value is -0.238. The Bertz CT molecular complexity index is 448. The average molecular weight is 350 g/mol. The van der Waals surface area contributed by atoms with Gasteiger partial charge in [-0.2, -0.15) is 0 Å². The largest absolute Gasteiger partial charge is 0.461 e. The molecule has 0 amide bonds. The zero-order valence-electron chi connectivity index (χ0n) is 17.9. The van der Waals surface area contributed by atoms with Crippen molar-refractivity contribution in [2.75, 3.05) is 0 Å². The maximum atomic E-state index is 6.17. The van der Waals surface area contributed by atoms with Gasteiger partial charge in [-0.15, -0.1) is 11.5 Å². The highest BCUT2D eigenvalue weighted by Crippen LogP contribution is 2.42. The second-order valence-corrected chi connectivity index (χ2v) is 15.1. The predicted molar refractivity (Wildman–Crippen MR) is 109 cm³/mol. The highest BCUT2D eigenvalue weighted by atomic mass is 28.3. The lowest BCUT2D eigenvalue weighted by Gasteiger charge is -2.38. The summed E-state index contributed by atoms with van der Waals surface area (Å²) in [4.78, 5) is 0. The molecular formula is C20H39BO2Si. The van der Waals surface area contributed by atoms with Crippen LogP contribution in [0.2, 0.25) is 22.4 Å². The van der Waals surface area contributed by atoms with Crippen LogP contribution in [0.3, 0.4) is 0 Å². The Labute approximate surface area is 152 Å². The number of hydrogen-bond donors (Lipinski definition) is 0. The molecule has 0 radical (unpaired) electrons. The predicted octanol–water partition coefficient (Wildman–Crippen LogP) is 6.08. The van der Waals surface area contributed by atoms with Gasteiger partial charge in [0.05, 0.1) is 11.2 Å². The van der Waals surface area contributed by atoms with Gasteiger partial charge < -0.3 is 9.31 Å². The van der Waals surface area contributed by atoms with Crippen LogP contribution < -0.4 is 0 Å². The Morgan fingerprint density at radius 1 is 0.792 bits per heavy atom. The van der Waals surface area contributed by atoms with Crippen molar-refractivity contribution in [3.63, 3.8) is 0 Å². The van der Waals surface area contributed by atoms with Crippen LogP contribution in [0, 0.1) is 11.5 Å². The monoisotopic (exact) mass is 350 g/mol. The molecule has 1 aliphatic rings. The number of hydrogen-bond acceptors (Lipinski definition) is 2. The summed E-state index contributed by atoms with van der Waals surface area (Å²) in [7, 11) is -1.79. The molecule has 1 saturated heterocycles. The van der Waals surface area contributed by atoms with Crippen LogP contribution in [0.1, 0.15) is 82.6 Å². The molecule has 1 fully saturated rings. The van der Waals surface area contributed by atoms with Gasteiger partial charge in [0.25, 0.3) is 0 Å². The molecule has 0 spiro atoms. The van der Waals surface area contributed by atoms with Gasteiger partial charge in [0.15, 0.2) is 0 Å². The quantitative estimate of drug-likeness (QED) is 0.442. The van der Waals surface area contributed by atoms with Crippen molar-refractivity contribution in [3.8, 4) is 11.5 Å². The third kappa shape index (κ3) is 4.11.